The Labute approximate surface area is 274 Å². The van der Waals surface area contributed by atoms with E-state index in [1.165, 1.54) is 0 Å². The maximum absolute atomic E-state index is 12.2. The summed E-state index contributed by atoms with van der Waals surface area (Å²) in [7, 11) is 0. The minimum Gasteiger partial charge on any atom is -0.458 e. The Morgan fingerprint density at radius 2 is 1.91 bits per heavy atom. The number of pyridine rings is 1. The van der Waals surface area contributed by atoms with Crippen LogP contribution in [0.15, 0.2) is 40.1 Å². The minimum atomic E-state index is -0.609. The number of nitrogens with one attached hydrogen (secondary N) is 3. The second-order valence-corrected chi connectivity index (χ2v) is 13.7. The monoisotopic (exact) mass is 642 g/mol. The second kappa shape index (κ2) is 17.1. The summed E-state index contributed by atoms with van der Waals surface area (Å²) in [5.41, 5.74) is 0.469. The molecule has 0 spiro atoms. The Bertz CT molecular complexity index is 1240. The number of esters is 1. The normalized spacial score (nSPS) is 22.3. The summed E-state index contributed by atoms with van der Waals surface area (Å²) in [6.45, 7) is 17.1. The van der Waals surface area contributed by atoms with Crippen LogP contribution in [0.3, 0.4) is 0 Å². The van der Waals surface area contributed by atoms with Crippen LogP contribution in [-0.2, 0) is 19.0 Å². The predicted molar refractivity (Wildman–Crippen MR) is 180 cm³/mol. The molecule has 1 aromatic heterocycles. The highest BCUT2D eigenvalue weighted by atomic mass is 35.5. The molecule has 45 heavy (non-hydrogen) atoms. The zero-order chi connectivity index (χ0) is 33.0. The highest BCUT2D eigenvalue weighted by Crippen LogP contribution is 2.30. The molecule has 3 N–H and O–H groups in total. The third-order valence-corrected chi connectivity index (χ3v) is 8.28. The van der Waals surface area contributed by atoms with Crippen molar-refractivity contribution in [3.8, 4) is 6.07 Å². The number of allylic oxidation sites excluding steroid dienone is 3. The molecule has 2 atom stereocenters. The topological polar surface area (TPSA) is 130 Å². The van der Waals surface area contributed by atoms with Crippen LogP contribution in [0.2, 0.25) is 0 Å². The van der Waals surface area contributed by atoms with Gasteiger partial charge in [-0.1, -0.05) is 17.7 Å². The quantitative estimate of drug-likeness (QED) is 0.128. The van der Waals surface area contributed by atoms with Crippen molar-refractivity contribution in [2.24, 2.45) is 10.4 Å². The number of aromatic nitrogens is 1. The average Bonchev–Trinajstić information content (AvgIpc) is 3.01. The first-order valence-electron chi connectivity index (χ1n) is 15.9. The predicted octanol–water partition coefficient (Wildman–Crippen LogP) is 5.95. The number of nitrogens with zero attached hydrogens (tertiary/aromatic N) is 3. The molecule has 1 aliphatic carbocycles. The van der Waals surface area contributed by atoms with Gasteiger partial charge in [0.1, 0.15) is 17.2 Å². The van der Waals surface area contributed by atoms with Gasteiger partial charge in [0.05, 0.1) is 23.8 Å². The fraction of sp³-hybridized carbons (Fsp3) is 0.647. The van der Waals surface area contributed by atoms with Crippen molar-refractivity contribution in [1.29, 1.82) is 5.26 Å². The highest BCUT2D eigenvalue weighted by Gasteiger charge is 2.32. The molecule has 3 rings (SSSR count). The molecular formula is C34H51ClN6O4. The van der Waals surface area contributed by atoms with Crippen molar-refractivity contribution in [2.45, 2.75) is 110 Å². The molecule has 0 unspecified atom stereocenters. The van der Waals surface area contributed by atoms with E-state index < -0.39 is 17.1 Å². The van der Waals surface area contributed by atoms with E-state index in [0.717, 1.165) is 31.3 Å². The number of nitriles is 1. The zero-order valence-electron chi connectivity index (χ0n) is 27.7. The van der Waals surface area contributed by atoms with Crippen molar-refractivity contribution in [3.05, 3.63) is 40.8 Å². The smallest absolute Gasteiger partial charge is 0.335 e. The van der Waals surface area contributed by atoms with Gasteiger partial charge in [0, 0.05) is 48.5 Å². The third-order valence-electron chi connectivity index (χ3n) is 8.08. The first-order valence-corrected chi connectivity index (χ1v) is 16.3. The summed E-state index contributed by atoms with van der Waals surface area (Å²) in [6.07, 6.45) is 6.61. The summed E-state index contributed by atoms with van der Waals surface area (Å²) in [6, 6.07) is 8.93. The van der Waals surface area contributed by atoms with Gasteiger partial charge in [0.25, 0.3) is 0 Å². The molecule has 1 aromatic rings. The third kappa shape index (κ3) is 12.0. The number of aliphatic imine (C=N–C) groups is 1. The van der Waals surface area contributed by atoms with Gasteiger partial charge < -0.3 is 30.2 Å². The largest absolute Gasteiger partial charge is 0.458 e. The molecule has 0 bridgehead atoms. The van der Waals surface area contributed by atoms with Crippen LogP contribution in [0, 0.1) is 16.7 Å². The Hall–Kier alpha value is -2.97. The number of hydrogen-bond donors (Lipinski definition) is 3. The van der Waals surface area contributed by atoms with E-state index in [0.29, 0.717) is 67.6 Å². The van der Waals surface area contributed by atoms with Gasteiger partial charge in [-0.2, -0.15) is 5.26 Å². The minimum absolute atomic E-state index is 0.106. The molecule has 1 saturated carbocycles. The Kier molecular flexibility index (Phi) is 13.9. The summed E-state index contributed by atoms with van der Waals surface area (Å²) in [4.78, 5) is 21.2. The van der Waals surface area contributed by atoms with Crippen LogP contribution in [0.1, 0.15) is 85.8 Å². The zero-order valence-corrected chi connectivity index (χ0v) is 28.5. The molecule has 0 amide bonds. The number of anilines is 1. The number of carbonyl (C=O) groups is 1. The van der Waals surface area contributed by atoms with E-state index in [1.807, 2.05) is 52.0 Å². The molecule has 11 heteroatoms. The number of carbonyl (C=O) groups excluding carboxylic acids is 1. The summed E-state index contributed by atoms with van der Waals surface area (Å²) in [5, 5.41) is 20.9. The SMILES string of the molecule is C=N/C(=C\C(=C(/C)Cl)c1cccc(NCC2(C#N)CCOCC2)n1)NC1CCC(N[C@@H](C)CO[C@@H](C)C(=O)OC(C)(C)C)CC1. The summed E-state index contributed by atoms with van der Waals surface area (Å²) < 4.78 is 16.6. The second-order valence-electron chi connectivity index (χ2n) is 13.2. The first-order chi connectivity index (χ1) is 21.3. The molecule has 2 fully saturated rings. The van der Waals surface area contributed by atoms with E-state index in [2.05, 4.69) is 40.7 Å². The number of rotatable bonds is 14. The van der Waals surface area contributed by atoms with E-state index in [1.54, 1.807) is 6.92 Å². The Balaban J connectivity index is 1.52. The molecular weight excluding hydrogens is 592 g/mol. The molecule has 1 saturated heterocycles. The number of ether oxygens (including phenoxy) is 3. The Morgan fingerprint density at radius 3 is 2.51 bits per heavy atom. The molecule has 248 valence electrons. The van der Waals surface area contributed by atoms with Crippen LogP contribution < -0.4 is 16.0 Å². The van der Waals surface area contributed by atoms with Gasteiger partial charge in [-0.05, 0) is 105 Å². The van der Waals surface area contributed by atoms with Gasteiger partial charge >= 0.3 is 5.97 Å². The molecule has 2 aliphatic rings. The molecule has 0 radical (unpaired) electrons. The van der Waals surface area contributed by atoms with Gasteiger partial charge in [0.15, 0.2) is 6.10 Å². The van der Waals surface area contributed by atoms with Crippen LogP contribution in [0.5, 0.6) is 0 Å². The van der Waals surface area contributed by atoms with Crippen LogP contribution >= 0.6 is 11.6 Å². The summed E-state index contributed by atoms with van der Waals surface area (Å²) >= 11 is 6.56. The maximum Gasteiger partial charge on any atom is 0.335 e. The van der Waals surface area contributed by atoms with Crippen LogP contribution in [-0.4, -0.2) is 73.9 Å². The van der Waals surface area contributed by atoms with Gasteiger partial charge in [0.2, 0.25) is 0 Å². The van der Waals surface area contributed by atoms with Crippen molar-refractivity contribution in [2.75, 3.05) is 31.7 Å². The Morgan fingerprint density at radius 1 is 1.24 bits per heavy atom. The standard InChI is InChI=1S/C34H51ClN6O4/c1-23(20-44-25(3)32(42)45-33(4,5)6)39-26-11-13-27(14-12-26)40-31(37-7)19-28(24(2)35)29-9-8-10-30(41-29)38-22-34(21-36)15-17-43-18-16-34/h8-10,19,23,25-27,39-40H,7,11-18,20,22H2,1-6H3,(H,38,41)/b28-24-,31-19+/t23-,25-,26?,27?/m0/s1. The molecule has 0 aromatic carbocycles. The molecule has 1 aliphatic heterocycles. The summed E-state index contributed by atoms with van der Waals surface area (Å²) in [5.74, 6) is 0.982. The van der Waals surface area contributed by atoms with Gasteiger partial charge in [-0.25, -0.2) is 14.8 Å². The van der Waals surface area contributed by atoms with Crippen LogP contribution in [0.25, 0.3) is 5.57 Å². The molecule has 2 heterocycles. The van der Waals surface area contributed by atoms with Crippen molar-refractivity contribution in [1.82, 2.24) is 15.6 Å². The van der Waals surface area contributed by atoms with Crippen molar-refractivity contribution >= 4 is 35.7 Å². The lowest BCUT2D eigenvalue weighted by Crippen LogP contribution is -2.45. The van der Waals surface area contributed by atoms with Crippen molar-refractivity contribution in [3.63, 3.8) is 0 Å². The highest BCUT2D eigenvalue weighted by molar-refractivity contribution is 6.32. The fourth-order valence-electron chi connectivity index (χ4n) is 5.46. The lowest BCUT2D eigenvalue weighted by molar-refractivity contribution is -0.167. The van der Waals surface area contributed by atoms with E-state index in [-0.39, 0.29) is 18.1 Å². The van der Waals surface area contributed by atoms with Crippen molar-refractivity contribution < 1.29 is 19.0 Å². The number of halogens is 1. The van der Waals surface area contributed by atoms with E-state index in [9.17, 15) is 10.1 Å². The maximum atomic E-state index is 12.2. The lowest BCUT2D eigenvalue weighted by Gasteiger charge is -2.32. The fourth-order valence-corrected chi connectivity index (χ4v) is 5.61. The van der Waals surface area contributed by atoms with E-state index >= 15 is 0 Å². The lowest BCUT2D eigenvalue weighted by atomic mass is 9.82. The molecule has 10 nitrogen and oxygen atoms in total. The first kappa shape index (κ1) is 36.5. The van der Waals surface area contributed by atoms with Gasteiger partial charge in [-0.15, -0.1) is 0 Å². The average molecular weight is 643 g/mol. The van der Waals surface area contributed by atoms with Crippen LogP contribution in [0.4, 0.5) is 5.82 Å². The van der Waals surface area contributed by atoms with E-state index in [4.69, 9.17) is 30.8 Å². The van der Waals surface area contributed by atoms with Gasteiger partial charge in [-0.3, -0.25) is 0 Å². The number of hydrogen-bond acceptors (Lipinski definition) is 10.